The zero-order valence-corrected chi connectivity index (χ0v) is 15.6. The minimum absolute atomic E-state index is 0.0670. The SMILES string of the molecule is Cc1ccc(-n2cnnc2SCC(=O)Nc2cc([N+](=O)[O-])ccc2C)cc1. The van der Waals surface area contributed by atoms with E-state index in [2.05, 4.69) is 15.5 Å². The second-order valence-corrected chi connectivity index (χ2v) is 6.85. The van der Waals surface area contributed by atoms with E-state index in [-0.39, 0.29) is 17.3 Å². The summed E-state index contributed by atoms with van der Waals surface area (Å²) in [6.07, 6.45) is 1.59. The fourth-order valence-electron chi connectivity index (χ4n) is 2.38. The van der Waals surface area contributed by atoms with Gasteiger partial charge in [-0.15, -0.1) is 10.2 Å². The van der Waals surface area contributed by atoms with Gasteiger partial charge in [0, 0.05) is 17.8 Å². The van der Waals surface area contributed by atoms with Gasteiger partial charge in [0.2, 0.25) is 5.91 Å². The number of aromatic nitrogens is 3. The molecule has 27 heavy (non-hydrogen) atoms. The van der Waals surface area contributed by atoms with Gasteiger partial charge in [-0.2, -0.15) is 0 Å². The zero-order valence-electron chi connectivity index (χ0n) is 14.7. The van der Waals surface area contributed by atoms with Crippen molar-refractivity contribution in [3.05, 3.63) is 70.0 Å². The van der Waals surface area contributed by atoms with Gasteiger partial charge >= 0.3 is 0 Å². The normalized spacial score (nSPS) is 10.6. The molecule has 0 fully saturated rings. The van der Waals surface area contributed by atoms with Gasteiger partial charge in [-0.25, -0.2) is 0 Å². The highest BCUT2D eigenvalue weighted by Gasteiger charge is 2.13. The van der Waals surface area contributed by atoms with Crippen molar-refractivity contribution in [1.29, 1.82) is 0 Å². The van der Waals surface area contributed by atoms with Gasteiger partial charge in [-0.05, 0) is 31.5 Å². The Hall–Kier alpha value is -3.20. The molecule has 1 N–H and O–H groups in total. The average Bonchev–Trinajstić information content (AvgIpc) is 3.11. The van der Waals surface area contributed by atoms with Crippen LogP contribution in [0.2, 0.25) is 0 Å². The topological polar surface area (TPSA) is 103 Å². The summed E-state index contributed by atoms with van der Waals surface area (Å²) in [6, 6.07) is 12.2. The smallest absolute Gasteiger partial charge is 0.271 e. The number of thioether (sulfide) groups is 1. The molecule has 0 saturated carbocycles. The molecule has 0 bridgehead atoms. The minimum atomic E-state index is -0.492. The number of nitro groups is 1. The number of carbonyl (C=O) groups excluding carboxylic acids is 1. The Balaban J connectivity index is 1.67. The molecule has 8 nitrogen and oxygen atoms in total. The molecule has 0 aliphatic carbocycles. The minimum Gasteiger partial charge on any atom is -0.325 e. The number of amides is 1. The van der Waals surface area contributed by atoms with E-state index in [1.807, 2.05) is 31.2 Å². The quantitative estimate of drug-likeness (QED) is 0.397. The monoisotopic (exact) mass is 383 g/mol. The van der Waals surface area contributed by atoms with Gasteiger partial charge in [0.05, 0.1) is 16.4 Å². The van der Waals surface area contributed by atoms with E-state index in [1.165, 1.54) is 23.9 Å². The van der Waals surface area contributed by atoms with Crippen molar-refractivity contribution in [2.24, 2.45) is 0 Å². The standard InChI is InChI=1S/C18H17N5O3S/c1-12-3-6-14(7-4-12)22-11-19-21-18(22)27-10-17(24)20-16-9-15(23(25)26)8-5-13(16)2/h3-9,11H,10H2,1-2H3,(H,20,24). The second-order valence-electron chi connectivity index (χ2n) is 5.91. The van der Waals surface area contributed by atoms with E-state index in [9.17, 15) is 14.9 Å². The molecule has 1 aromatic heterocycles. The number of hydrogen-bond donors (Lipinski definition) is 1. The van der Waals surface area contributed by atoms with Crippen molar-refractivity contribution in [3.8, 4) is 5.69 Å². The number of nitrogens with one attached hydrogen (secondary N) is 1. The van der Waals surface area contributed by atoms with Crippen molar-refractivity contribution < 1.29 is 9.72 Å². The van der Waals surface area contributed by atoms with Gasteiger partial charge in [-0.3, -0.25) is 19.5 Å². The first-order chi connectivity index (χ1) is 12.9. The van der Waals surface area contributed by atoms with Crippen LogP contribution in [0.3, 0.4) is 0 Å². The number of hydrogen-bond acceptors (Lipinski definition) is 6. The Morgan fingerprint density at radius 1 is 1.22 bits per heavy atom. The molecule has 0 saturated heterocycles. The average molecular weight is 383 g/mol. The lowest BCUT2D eigenvalue weighted by atomic mass is 10.2. The predicted octanol–water partition coefficient (Wildman–Crippen LogP) is 3.52. The molecule has 0 aliphatic heterocycles. The van der Waals surface area contributed by atoms with Crippen molar-refractivity contribution >= 4 is 29.0 Å². The number of non-ortho nitro benzene ring substituents is 1. The maximum atomic E-state index is 12.3. The first-order valence-electron chi connectivity index (χ1n) is 8.09. The van der Waals surface area contributed by atoms with Crippen LogP contribution < -0.4 is 5.32 Å². The Kier molecular flexibility index (Phi) is 5.51. The molecule has 0 radical (unpaired) electrons. The number of benzene rings is 2. The van der Waals surface area contributed by atoms with E-state index in [4.69, 9.17) is 0 Å². The Bertz CT molecular complexity index is 985. The number of nitro benzene ring substituents is 1. The molecule has 138 valence electrons. The number of rotatable bonds is 6. The summed E-state index contributed by atoms with van der Waals surface area (Å²) < 4.78 is 1.80. The van der Waals surface area contributed by atoms with Gasteiger partial charge in [-0.1, -0.05) is 35.5 Å². The van der Waals surface area contributed by atoms with Crippen LogP contribution in [0.15, 0.2) is 53.9 Å². The second kappa shape index (κ2) is 8.00. The molecular formula is C18H17N5O3S. The number of nitrogens with zero attached hydrogens (tertiary/aromatic N) is 4. The maximum absolute atomic E-state index is 12.3. The van der Waals surface area contributed by atoms with Crippen LogP contribution in [0.4, 0.5) is 11.4 Å². The first kappa shape index (κ1) is 18.6. The summed E-state index contributed by atoms with van der Waals surface area (Å²) in [7, 11) is 0. The van der Waals surface area contributed by atoms with Crippen molar-refractivity contribution in [2.45, 2.75) is 19.0 Å². The molecule has 1 heterocycles. The molecule has 3 rings (SSSR count). The first-order valence-corrected chi connectivity index (χ1v) is 9.07. The predicted molar refractivity (Wildman–Crippen MR) is 103 cm³/mol. The van der Waals surface area contributed by atoms with Crippen LogP contribution in [0.25, 0.3) is 5.69 Å². The number of carbonyl (C=O) groups is 1. The molecule has 0 spiro atoms. The van der Waals surface area contributed by atoms with E-state index in [0.717, 1.165) is 16.8 Å². The van der Waals surface area contributed by atoms with E-state index in [1.54, 1.807) is 23.9 Å². The summed E-state index contributed by atoms with van der Waals surface area (Å²) in [5, 5.41) is 22.2. The van der Waals surface area contributed by atoms with Gasteiger partial charge in [0.15, 0.2) is 5.16 Å². The fraction of sp³-hybridized carbons (Fsp3) is 0.167. The van der Waals surface area contributed by atoms with Crippen LogP contribution in [0.5, 0.6) is 0 Å². The third kappa shape index (κ3) is 4.50. The van der Waals surface area contributed by atoms with Gasteiger partial charge in [0.1, 0.15) is 6.33 Å². The third-order valence-corrected chi connectivity index (χ3v) is 4.81. The van der Waals surface area contributed by atoms with Crippen molar-refractivity contribution in [1.82, 2.24) is 14.8 Å². The molecule has 2 aromatic carbocycles. The van der Waals surface area contributed by atoms with Crippen molar-refractivity contribution in [2.75, 3.05) is 11.1 Å². The van der Waals surface area contributed by atoms with E-state index in [0.29, 0.717) is 10.8 Å². The summed E-state index contributed by atoms with van der Waals surface area (Å²) >= 11 is 1.24. The van der Waals surface area contributed by atoms with Crippen molar-refractivity contribution in [3.63, 3.8) is 0 Å². The highest BCUT2D eigenvalue weighted by atomic mass is 32.2. The summed E-state index contributed by atoms with van der Waals surface area (Å²) in [4.78, 5) is 22.7. The maximum Gasteiger partial charge on any atom is 0.271 e. The lowest BCUT2D eigenvalue weighted by Crippen LogP contribution is -2.15. The molecule has 3 aromatic rings. The van der Waals surface area contributed by atoms with Crippen LogP contribution in [-0.2, 0) is 4.79 Å². The lowest BCUT2D eigenvalue weighted by molar-refractivity contribution is -0.384. The van der Waals surface area contributed by atoms with Gasteiger partial charge < -0.3 is 5.32 Å². The molecule has 0 aliphatic rings. The molecule has 0 unspecified atom stereocenters. The number of anilines is 1. The fourth-order valence-corrected chi connectivity index (χ4v) is 3.11. The summed E-state index contributed by atoms with van der Waals surface area (Å²) in [5.74, 6) is -0.172. The molecule has 0 atom stereocenters. The Morgan fingerprint density at radius 2 is 1.96 bits per heavy atom. The summed E-state index contributed by atoms with van der Waals surface area (Å²) in [6.45, 7) is 3.78. The number of aryl methyl sites for hydroxylation is 2. The van der Waals surface area contributed by atoms with E-state index < -0.39 is 4.92 Å². The van der Waals surface area contributed by atoms with Crippen LogP contribution in [-0.4, -0.2) is 31.3 Å². The highest BCUT2D eigenvalue weighted by Crippen LogP contribution is 2.23. The molecular weight excluding hydrogens is 366 g/mol. The van der Waals surface area contributed by atoms with Crippen LogP contribution in [0.1, 0.15) is 11.1 Å². The van der Waals surface area contributed by atoms with E-state index >= 15 is 0 Å². The molecule has 9 heteroatoms. The zero-order chi connectivity index (χ0) is 19.4. The van der Waals surface area contributed by atoms with Crippen LogP contribution >= 0.6 is 11.8 Å². The highest BCUT2D eigenvalue weighted by molar-refractivity contribution is 7.99. The lowest BCUT2D eigenvalue weighted by Gasteiger charge is -2.09. The third-order valence-electron chi connectivity index (χ3n) is 3.87. The van der Waals surface area contributed by atoms with Gasteiger partial charge in [0.25, 0.3) is 5.69 Å². The Labute approximate surface area is 159 Å². The summed E-state index contributed by atoms with van der Waals surface area (Å²) in [5.41, 5.74) is 3.16. The van der Waals surface area contributed by atoms with Crippen LogP contribution in [0, 0.1) is 24.0 Å². The molecule has 1 amide bonds. The Morgan fingerprint density at radius 3 is 2.67 bits per heavy atom. The largest absolute Gasteiger partial charge is 0.325 e.